The zero-order valence-electron chi connectivity index (χ0n) is 18.6. The van der Waals surface area contributed by atoms with Gasteiger partial charge in [-0.05, 0) is 44.7 Å². The molecule has 0 unspecified atom stereocenters. The van der Waals surface area contributed by atoms with Crippen molar-refractivity contribution in [3.8, 4) is 11.1 Å². The van der Waals surface area contributed by atoms with Crippen LogP contribution in [0.15, 0.2) is 24.4 Å². The Kier molecular flexibility index (Phi) is 6.00. The van der Waals surface area contributed by atoms with Crippen LogP contribution in [0.25, 0.3) is 27.7 Å². The lowest BCUT2D eigenvalue weighted by Gasteiger charge is -2.07. The molecular formula is C22H25F4N7. The average Bonchev–Trinajstić information content (AvgIpc) is 3.38. The fourth-order valence-electron chi connectivity index (χ4n) is 4.18. The second kappa shape index (κ2) is 8.62. The summed E-state index contributed by atoms with van der Waals surface area (Å²) in [5.74, 6) is -2.10. The van der Waals surface area contributed by atoms with Crippen molar-refractivity contribution in [3.63, 3.8) is 0 Å². The molecule has 11 heteroatoms. The van der Waals surface area contributed by atoms with Gasteiger partial charge in [-0.1, -0.05) is 0 Å². The molecule has 4 heterocycles. The van der Waals surface area contributed by atoms with Gasteiger partial charge in [0.15, 0.2) is 5.82 Å². The molecule has 0 bridgehead atoms. The van der Waals surface area contributed by atoms with Crippen LogP contribution in [0.3, 0.4) is 0 Å². The quantitative estimate of drug-likeness (QED) is 0.465. The molecule has 3 aromatic heterocycles. The van der Waals surface area contributed by atoms with Gasteiger partial charge in [0.05, 0.1) is 29.8 Å². The van der Waals surface area contributed by atoms with Crippen LogP contribution in [-0.4, -0.2) is 61.8 Å². The number of nitrogens with zero attached hydrogens (tertiary/aromatic N) is 6. The largest absolute Gasteiger partial charge is 0.367 e. The first kappa shape index (κ1) is 23.0. The molecule has 0 radical (unpaired) electrons. The Bertz CT molecular complexity index is 1310. The van der Waals surface area contributed by atoms with E-state index in [1.165, 1.54) is 6.07 Å². The van der Waals surface area contributed by atoms with Crippen LogP contribution in [0.1, 0.15) is 17.9 Å². The summed E-state index contributed by atoms with van der Waals surface area (Å²) in [7, 11) is 1.71. The number of rotatable bonds is 3. The fourth-order valence-corrected chi connectivity index (χ4v) is 4.18. The minimum Gasteiger partial charge on any atom is -0.367 e. The third-order valence-electron chi connectivity index (χ3n) is 5.68. The summed E-state index contributed by atoms with van der Waals surface area (Å²) in [6.45, 7) is 3.63. The van der Waals surface area contributed by atoms with Crippen LogP contribution in [0.4, 0.5) is 23.5 Å². The van der Waals surface area contributed by atoms with Crippen molar-refractivity contribution in [2.45, 2.75) is 32.7 Å². The molecule has 1 aromatic carbocycles. The van der Waals surface area contributed by atoms with Crippen LogP contribution in [0.2, 0.25) is 0 Å². The number of fused-ring (bicyclic) bond motifs is 2. The molecule has 7 nitrogen and oxygen atoms in total. The predicted molar refractivity (Wildman–Crippen MR) is 119 cm³/mol. The zero-order valence-corrected chi connectivity index (χ0v) is 18.6. The molecule has 0 saturated carbocycles. The Morgan fingerprint density at radius 2 is 1.94 bits per heavy atom. The van der Waals surface area contributed by atoms with Gasteiger partial charge in [0, 0.05) is 24.7 Å². The minimum atomic E-state index is -2.41. The first-order valence-corrected chi connectivity index (χ1v) is 10.5. The van der Waals surface area contributed by atoms with Crippen molar-refractivity contribution in [1.82, 2.24) is 29.0 Å². The number of hydrogen-bond donors (Lipinski definition) is 1. The molecule has 1 fully saturated rings. The molecule has 0 atom stereocenters. The Balaban J connectivity index is 0.000000275. The van der Waals surface area contributed by atoms with E-state index in [2.05, 4.69) is 15.1 Å². The third kappa shape index (κ3) is 4.50. The number of alkyl halides is 3. The van der Waals surface area contributed by atoms with Gasteiger partial charge >= 0.3 is 0 Å². The summed E-state index contributed by atoms with van der Waals surface area (Å²) in [6, 6.07) is 5.08. The number of anilines is 1. The highest BCUT2D eigenvalue weighted by Gasteiger charge is 2.36. The molecule has 1 saturated heterocycles. The van der Waals surface area contributed by atoms with Gasteiger partial charge in [-0.15, -0.1) is 5.10 Å². The van der Waals surface area contributed by atoms with E-state index in [0.717, 1.165) is 11.1 Å². The van der Waals surface area contributed by atoms with E-state index < -0.39 is 18.4 Å². The monoisotopic (exact) mass is 463 g/mol. The number of aromatic nitrogens is 5. The van der Waals surface area contributed by atoms with Crippen molar-refractivity contribution < 1.29 is 17.6 Å². The first-order valence-electron chi connectivity index (χ1n) is 10.5. The minimum absolute atomic E-state index is 0.0312. The van der Waals surface area contributed by atoms with E-state index in [-0.39, 0.29) is 31.0 Å². The summed E-state index contributed by atoms with van der Waals surface area (Å²) in [6.07, 6.45) is 1.78. The Labute approximate surface area is 187 Å². The molecule has 0 amide bonds. The highest BCUT2D eigenvalue weighted by atomic mass is 19.3. The highest BCUT2D eigenvalue weighted by Crippen LogP contribution is 2.32. The van der Waals surface area contributed by atoms with E-state index in [9.17, 15) is 17.6 Å². The lowest BCUT2D eigenvalue weighted by Crippen LogP contribution is -2.21. The average molecular weight is 463 g/mol. The van der Waals surface area contributed by atoms with Crippen LogP contribution in [0.5, 0.6) is 0 Å². The first-order chi connectivity index (χ1) is 15.6. The predicted octanol–water partition coefficient (Wildman–Crippen LogP) is 4.01. The smallest absolute Gasteiger partial charge is 0.261 e. The number of halogens is 4. The number of hydrogen-bond acceptors (Lipinski definition) is 5. The summed E-state index contributed by atoms with van der Waals surface area (Å²) < 4.78 is 55.1. The number of nitrogens with two attached hydrogens (primary N) is 1. The van der Waals surface area contributed by atoms with Crippen molar-refractivity contribution >= 4 is 22.5 Å². The Hall–Kier alpha value is -3.21. The molecule has 1 aliphatic heterocycles. The van der Waals surface area contributed by atoms with E-state index in [4.69, 9.17) is 5.73 Å². The molecular weight excluding hydrogens is 438 g/mol. The molecule has 4 aromatic rings. The molecule has 0 spiro atoms. The number of likely N-dealkylation sites (tertiary alicyclic amines) is 1. The van der Waals surface area contributed by atoms with E-state index in [1.54, 1.807) is 34.2 Å². The molecule has 33 heavy (non-hydrogen) atoms. The lowest BCUT2D eigenvalue weighted by molar-refractivity contribution is 0.0146. The Morgan fingerprint density at radius 1 is 1.18 bits per heavy atom. The van der Waals surface area contributed by atoms with Crippen LogP contribution in [-0.2, 0) is 6.54 Å². The van der Waals surface area contributed by atoms with E-state index in [1.807, 2.05) is 19.1 Å². The van der Waals surface area contributed by atoms with Crippen LogP contribution in [0, 0.1) is 19.7 Å². The van der Waals surface area contributed by atoms with Crippen LogP contribution < -0.4 is 5.73 Å². The third-order valence-corrected chi connectivity index (χ3v) is 5.68. The van der Waals surface area contributed by atoms with Gasteiger partial charge < -0.3 is 15.2 Å². The summed E-state index contributed by atoms with van der Waals surface area (Å²) in [5.41, 5.74) is 9.38. The second-order valence-electron chi connectivity index (χ2n) is 8.25. The fraction of sp³-hybridized carbons (Fsp3) is 0.409. The lowest BCUT2D eigenvalue weighted by atomic mass is 10.1. The van der Waals surface area contributed by atoms with E-state index in [0.29, 0.717) is 29.1 Å². The van der Waals surface area contributed by atoms with Gasteiger partial charge in [-0.2, -0.15) is 0 Å². The van der Waals surface area contributed by atoms with Gasteiger partial charge in [0.25, 0.3) is 5.92 Å². The van der Waals surface area contributed by atoms with Crippen molar-refractivity contribution in [1.29, 1.82) is 0 Å². The molecule has 176 valence electrons. The number of nitrogen functional groups attached to an aromatic ring is 1. The van der Waals surface area contributed by atoms with Crippen molar-refractivity contribution in [3.05, 3.63) is 41.7 Å². The standard InChI is InChI=1S/C17H16F2N6.C5H9F2N/c1-9-16-12(3-5-25(16)23-17(20)21-9)11-7-13(19)15-14(8-11)24(6-4-18)10(2)22-15;1-8-3-2-5(6,7)4-8/h3,5,7-8H,4,6H2,1-2H3,(H2,20,23);2-4H2,1H3. The summed E-state index contributed by atoms with van der Waals surface area (Å²) in [4.78, 5) is 10.0. The number of aryl methyl sites for hydroxylation is 3. The normalized spacial score (nSPS) is 15.8. The van der Waals surface area contributed by atoms with Gasteiger partial charge in [0.1, 0.15) is 18.0 Å². The van der Waals surface area contributed by atoms with Gasteiger partial charge in [0.2, 0.25) is 5.95 Å². The van der Waals surface area contributed by atoms with E-state index >= 15 is 0 Å². The Morgan fingerprint density at radius 3 is 2.55 bits per heavy atom. The topological polar surface area (TPSA) is 77.3 Å². The maximum atomic E-state index is 14.6. The highest BCUT2D eigenvalue weighted by molar-refractivity contribution is 5.89. The molecule has 5 rings (SSSR count). The number of benzene rings is 1. The second-order valence-corrected chi connectivity index (χ2v) is 8.25. The van der Waals surface area contributed by atoms with Crippen molar-refractivity contribution in [2.75, 3.05) is 32.5 Å². The zero-order chi connectivity index (χ0) is 23.9. The summed E-state index contributed by atoms with van der Waals surface area (Å²) in [5, 5.41) is 4.14. The summed E-state index contributed by atoms with van der Waals surface area (Å²) >= 11 is 0. The van der Waals surface area contributed by atoms with Gasteiger partial charge in [-0.3, -0.25) is 0 Å². The SMILES string of the molecule is CN1CCC(F)(F)C1.Cc1nc(N)nn2ccc(-c3cc(F)c4nc(C)n(CCF)c4c3)c12. The maximum Gasteiger partial charge on any atom is 0.261 e. The van der Waals surface area contributed by atoms with Gasteiger partial charge in [-0.25, -0.2) is 32.0 Å². The number of imidazole rings is 1. The molecule has 0 aliphatic carbocycles. The van der Waals surface area contributed by atoms with Crippen molar-refractivity contribution in [2.24, 2.45) is 0 Å². The van der Waals surface area contributed by atoms with Crippen LogP contribution >= 0.6 is 0 Å². The molecule has 2 N–H and O–H groups in total. The maximum absolute atomic E-state index is 14.6. The molecule has 1 aliphatic rings.